The normalized spacial score (nSPS) is 20.2. The van der Waals surface area contributed by atoms with E-state index in [-0.39, 0.29) is 17.7 Å². The summed E-state index contributed by atoms with van der Waals surface area (Å²) in [5, 5.41) is 6.01. The van der Waals surface area contributed by atoms with Gasteiger partial charge in [0.25, 0.3) is 0 Å². The Morgan fingerprint density at radius 1 is 1.44 bits per heavy atom. The number of nitrogens with one attached hydrogen (secondary N) is 2. The minimum atomic E-state index is 0.0436. The molecule has 1 aliphatic heterocycles. The number of hydrogen-bond donors (Lipinski definition) is 2. The Kier molecular flexibility index (Phi) is 5.25. The molecule has 1 atom stereocenters. The van der Waals surface area contributed by atoms with Crippen LogP contribution < -0.4 is 10.6 Å². The smallest absolute Gasteiger partial charge is 0.224 e. The predicted molar refractivity (Wildman–Crippen MR) is 61.9 cm³/mol. The van der Waals surface area contributed by atoms with E-state index in [1.165, 1.54) is 4.90 Å². The highest BCUT2D eigenvalue weighted by molar-refractivity contribution is 5.80. The van der Waals surface area contributed by atoms with Crippen LogP contribution in [-0.2, 0) is 9.59 Å². The van der Waals surface area contributed by atoms with Crippen LogP contribution in [0.4, 0.5) is 0 Å². The molecule has 16 heavy (non-hydrogen) atoms. The predicted octanol–water partition coefficient (Wildman–Crippen LogP) is -0.419. The highest BCUT2D eigenvalue weighted by atomic mass is 16.2. The molecule has 0 radical (unpaired) electrons. The first kappa shape index (κ1) is 13.0. The zero-order chi connectivity index (χ0) is 12.0. The summed E-state index contributed by atoms with van der Waals surface area (Å²) in [7, 11) is 3.43. The van der Waals surface area contributed by atoms with E-state index in [2.05, 4.69) is 10.6 Å². The summed E-state index contributed by atoms with van der Waals surface area (Å²) in [6, 6.07) is 0. The summed E-state index contributed by atoms with van der Waals surface area (Å²) in [5.74, 6) is 0.184. The molecule has 1 rings (SSSR count). The molecular formula is C11H21N3O2. The second-order valence-electron chi connectivity index (χ2n) is 4.37. The van der Waals surface area contributed by atoms with Crippen LogP contribution in [-0.4, -0.2) is 50.4 Å². The molecule has 2 N–H and O–H groups in total. The quantitative estimate of drug-likeness (QED) is 0.686. The van der Waals surface area contributed by atoms with Crippen molar-refractivity contribution < 1.29 is 9.59 Å². The molecule has 0 unspecified atom stereocenters. The molecule has 0 aromatic carbocycles. The number of piperidine rings is 1. The number of nitrogens with zero attached hydrogens (tertiary/aromatic N) is 1. The van der Waals surface area contributed by atoms with Gasteiger partial charge in [0, 0.05) is 33.6 Å². The third-order valence-electron chi connectivity index (χ3n) is 2.80. The average molecular weight is 227 g/mol. The van der Waals surface area contributed by atoms with Crippen molar-refractivity contribution in [2.45, 2.75) is 19.3 Å². The molecule has 5 heteroatoms. The van der Waals surface area contributed by atoms with Gasteiger partial charge in [0.2, 0.25) is 11.8 Å². The molecular weight excluding hydrogens is 206 g/mol. The van der Waals surface area contributed by atoms with Gasteiger partial charge in [-0.2, -0.15) is 0 Å². The van der Waals surface area contributed by atoms with Crippen LogP contribution in [0.3, 0.4) is 0 Å². The Labute approximate surface area is 96.6 Å². The topological polar surface area (TPSA) is 61.4 Å². The van der Waals surface area contributed by atoms with E-state index in [9.17, 15) is 9.59 Å². The molecule has 1 fully saturated rings. The van der Waals surface area contributed by atoms with Gasteiger partial charge in [-0.3, -0.25) is 9.59 Å². The van der Waals surface area contributed by atoms with Gasteiger partial charge in [-0.15, -0.1) is 0 Å². The maximum Gasteiger partial charge on any atom is 0.224 e. The Morgan fingerprint density at radius 3 is 2.75 bits per heavy atom. The summed E-state index contributed by atoms with van der Waals surface area (Å²) in [5.41, 5.74) is 0. The van der Waals surface area contributed by atoms with Gasteiger partial charge < -0.3 is 15.5 Å². The van der Waals surface area contributed by atoms with E-state index in [0.29, 0.717) is 13.0 Å². The first-order chi connectivity index (χ1) is 7.61. The lowest BCUT2D eigenvalue weighted by molar-refractivity contribution is -0.129. The largest absolute Gasteiger partial charge is 0.355 e. The fourth-order valence-corrected chi connectivity index (χ4v) is 1.74. The van der Waals surface area contributed by atoms with Crippen LogP contribution in [0.5, 0.6) is 0 Å². The maximum atomic E-state index is 11.7. The SMILES string of the molecule is CN(C)C(=O)CCNC(=O)[C@@H]1CCCNC1. The highest BCUT2D eigenvalue weighted by Crippen LogP contribution is 2.09. The fourth-order valence-electron chi connectivity index (χ4n) is 1.74. The lowest BCUT2D eigenvalue weighted by Crippen LogP contribution is -2.41. The van der Waals surface area contributed by atoms with Gasteiger partial charge in [-0.1, -0.05) is 0 Å². The van der Waals surface area contributed by atoms with Crippen molar-refractivity contribution in [2.75, 3.05) is 33.7 Å². The minimum Gasteiger partial charge on any atom is -0.355 e. The zero-order valence-corrected chi connectivity index (χ0v) is 10.1. The van der Waals surface area contributed by atoms with Crippen molar-refractivity contribution in [3.05, 3.63) is 0 Å². The summed E-state index contributed by atoms with van der Waals surface area (Å²) in [4.78, 5) is 24.5. The van der Waals surface area contributed by atoms with Crippen LogP contribution in [0.25, 0.3) is 0 Å². The van der Waals surface area contributed by atoms with Crippen molar-refractivity contribution in [1.82, 2.24) is 15.5 Å². The minimum absolute atomic E-state index is 0.0436. The lowest BCUT2D eigenvalue weighted by atomic mass is 9.99. The van der Waals surface area contributed by atoms with Gasteiger partial charge in [0.1, 0.15) is 0 Å². The number of amides is 2. The molecule has 0 bridgehead atoms. The Morgan fingerprint density at radius 2 is 2.19 bits per heavy atom. The second-order valence-corrected chi connectivity index (χ2v) is 4.37. The molecule has 0 aromatic heterocycles. The van der Waals surface area contributed by atoms with E-state index in [4.69, 9.17) is 0 Å². The summed E-state index contributed by atoms with van der Waals surface area (Å²) in [6.07, 6.45) is 2.37. The average Bonchev–Trinajstić information content (AvgIpc) is 2.29. The number of hydrogen-bond acceptors (Lipinski definition) is 3. The van der Waals surface area contributed by atoms with E-state index >= 15 is 0 Å². The van der Waals surface area contributed by atoms with Crippen LogP contribution in [0.2, 0.25) is 0 Å². The number of carbonyl (C=O) groups is 2. The van der Waals surface area contributed by atoms with Crippen molar-refractivity contribution in [3.63, 3.8) is 0 Å². The third-order valence-corrected chi connectivity index (χ3v) is 2.80. The highest BCUT2D eigenvalue weighted by Gasteiger charge is 2.20. The van der Waals surface area contributed by atoms with E-state index in [1.54, 1.807) is 14.1 Å². The molecule has 1 heterocycles. The Bertz CT molecular complexity index is 248. The van der Waals surface area contributed by atoms with E-state index < -0.39 is 0 Å². The molecule has 1 saturated heterocycles. The third kappa shape index (κ3) is 4.18. The van der Waals surface area contributed by atoms with Crippen molar-refractivity contribution in [1.29, 1.82) is 0 Å². The standard InChI is InChI=1S/C11H21N3O2/c1-14(2)10(15)5-7-13-11(16)9-4-3-6-12-8-9/h9,12H,3-8H2,1-2H3,(H,13,16)/t9-/m1/s1. The molecule has 0 aliphatic carbocycles. The summed E-state index contributed by atoms with van der Waals surface area (Å²) in [6.45, 7) is 2.20. The first-order valence-corrected chi connectivity index (χ1v) is 5.80. The van der Waals surface area contributed by atoms with Gasteiger partial charge in [0.15, 0.2) is 0 Å². The van der Waals surface area contributed by atoms with Crippen molar-refractivity contribution in [3.8, 4) is 0 Å². The molecule has 0 aromatic rings. The van der Waals surface area contributed by atoms with Crippen molar-refractivity contribution >= 4 is 11.8 Å². The molecule has 0 spiro atoms. The first-order valence-electron chi connectivity index (χ1n) is 5.80. The van der Waals surface area contributed by atoms with Gasteiger partial charge >= 0.3 is 0 Å². The summed E-state index contributed by atoms with van der Waals surface area (Å²) >= 11 is 0. The van der Waals surface area contributed by atoms with Crippen LogP contribution >= 0.6 is 0 Å². The lowest BCUT2D eigenvalue weighted by Gasteiger charge is -2.21. The Balaban J connectivity index is 2.17. The van der Waals surface area contributed by atoms with Crippen LogP contribution in [0, 0.1) is 5.92 Å². The van der Waals surface area contributed by atoms with E-state index in [0.717, 1.165) is 25.9 Å². The molecule has 92 valence electrons. The van der Waals surface area contributed by atoms with Crippen LogP contribution in [0.1, 0.15) is 19.3 Å². The number of rotatable bonds is 4. The summed E-state index contributed by atoms with van der Waals surface area (Å²) < 4.78 is 0. The van der Waals surface area contributed by atoms with Gasteiger partial charge in [-0.25, -0.2) is 0 Å². The fraction of sp³-hybridized carbons (Fsp3) is 0.818. The molecule has 1 aliphatic rings. The molecule has 5 nitrogen and oxygen atoms in total. The van der Waals surface area contributed by atoms with Crippen LogP contribution in [0.15, 0.2) is 0 Å². The zero-order valence-electron chi connectivity index (χ0n) is 10.1. The van der Waals surface area contributed by atoms with E-state index in [1.807, 2.05) is 0 Å². The molecule has 2 amide bonds. The van der Waals surface area contributed by atoms with Crippen molar-refractivity contribution in [2.24, 2.45) is 5.92 Å². The number of carbonyl (C=O) groups excluding carboxylic acids is 2. The second kappa shape index (κ2) is 6.48. The maximum absolute atomic E-state index is 11.7. The van der Waals surface area contributed by atoms with Gasteiger partial charge in [0.05, 0.1) is 5.92 Å². The molecule has 0 saturated carbocycles. The Hall–Kier alpha value is -1.10. The monoisotopic (exact) mass is 227 g/mol. The van der Waals surface area contributed by atoms with Gasteiger partial charge in [-0.05, 0) is 19.4 Å².